The number of esters is 2. The number of hydrogen-bond acceptors (Lipinski definition) is 8. The summed E-state index contributed by atoms with van der Waals surface area (Å²) in [5.41, 5.74) is 5.42. The summed E-state index contributed by atoms with van der Waals surface area (Å²) in [7, 11) is -4.41. The molecule has 0 aromatic heterocycles. The highest BCUT2D eigenvalue weighted by Gasteiger charge is 2.26. The summed E-state index contributed by atoms with van der Waals surface area (Å²) in [6.07, 6.45) is 119. The number of carbonyl (C=O) groups is 2. The number of unbranched alkanes of at least 4 members (excludes halogenated alkanes) is 47. The van der Waals surface area contributed by atoms with Crippen LogP contribution in [0.3, 0.4) is 0 Å². The molecule has 2 atom stereocenters. The molecule has 2 unspecified atom stereocenters. The van der Waals surface area contributed by atoms with Crippen LogP contribution in [0.1, 0.15) is 406 Å². The molecule has 0 aliphatic carbocycles. The highest BCUT2D eigenvalue weighted by atomic mass is 31.2. The van der Waals surface area contributed by atoms with Crippen molar-refractivity contribution in [2.75, 3.05) is 26.4 Å². The summed E-state index contributed by atoms with van der Waals surface area (Å²) in [4.78, 5) is 35.5. The minimum atomic E-state index is -4.41. The Balaban J connectivity index is 3.82. The quantitative estimate of drug-likeness (QED) is 0.0264. The van der Waals surface area contributed by atoms with Gasteiger partial charge in [0, 0.05) is 19.4 Å². The second kappa shape index (κ2) is 84.3. The van der Waals surface area contributed by atoms with Crippen molar-refractivity contribution in [3.05, 3.63) is 122 Å². The standard InChI is InChI=1S/C90H160NO8P/c1-3-5-7-9-11-13-15-17-19-21-23-25-27-29-31-33-35-37-39-41-43-45-46-48-50-52-54-56-58-60-62-64-66-68-70-72-74-76-78-80-82-89(92)96-86-88(87-98-100(94,95)97-85-84-91)99-90(93)83-81-79-77-75-73-71-69-67-65-63-61-59-57-55-53-51-49-47-44-42-40-38-36-34-32-30-28-26-24-22-20-18-16-14-12-10-8-6-4-2/h6,8,12,14,18,20,24,26,30,32,36,38,42,44,49,51,55,57,61,63,88H,3-5,7,9-11,13,15-17,19,21-23,25,27-29,31,33-35,37,39-41,43,45-48,50,52-54,56,58-60,62,64-87,91H2,1-2H3,(H,94,95)/b8-6-,14-12-,20-18-,26-24-,32-30-,38-36-,44-42-,51-49-,57-55-,63-61-. The summed E-state index contributed by atoms with van der Waals surface area (Å²) in [6, 6.07) is 0. The van der Waals surface area contributed by atoms with E-state index in [4.69, 9.17) is 24.3 Å². The van der Waals surface area contributed by atoms with Crippen molar-refractivity contribution >= 4 is 19.8 Å². The van der Waals surface area contributed by atoms with Gasteiger partial charge in [-0.1, -0.05) is 424 Å². The van der Waals surface area contributed by atoms with E-state index in [1.807, 2.05) is 0 Å². The highest BCUT2D eigenvalue weighted by molar-refractivity contribution is 7.47. The Hall–Kier alpha value is -3.59. The third-order valence-electron chi connectivity index (χ3n) is 18.6. The number of rotatable bonds is 80. The molecule has 0 spiro atoms. The molecule has 0 aliphatic heterocycles. The zero-order chi connectivity index (χ0) is 72.2. The highest BCUT2D eigenvalue weighted by Crippen LogP contribution is 2.43. The molecule has 0 saturated carbocycles. The second-order valence-corrected chi connectivity index (χ2v) is 29.8. The number of hydrogen-bond donors (Lipinski definition) is 2. The zero-order valence-corrected chi connectivity index (χ0v) is 66.3. The van der Waals surface area contributed by atoms with Gasteiger partial charge in [0.1, 0.15) is 6.61 Å². The van der Waals surface area contributed by atoms with Crippen molar-refractivity contribution in [2.24, 2.45) is 5.73 Å². The number of nitrogens with two attached hydrogens (primary N) is 1. The van der Waals surface area contributed by atoms with Gasteiger partial charge >= 0.3 is 19.8 Å². The van der Waals surface area contributed by atoms with Gasteiger partial charge in [0.2, 0.25) is 0 Å². The molecule has 0 saturated heterocycles. The van der Waals surface area contributed by atoms with Gasteiger partial charge in [0.15, 0.2) is 6.10 Å². The Bertz CT molecular complexity index is 2070. The average molecular weight is 1420 g/mol. The minimum absolute atomic E-state index is 0.0484. The van der Waals surface area contributed by atoms with Crippen molar-refractivity contribution in [3.63, 3.8) is 0 Å². The predicted molar refractivity (Wildman–Crippen MR) is 436 cm³/mol. The molecule has 0 aromatic rings. The normalized spacial score (nSPS) is 13.4. The molecular formula is C90H160NO8P. The third-order valence-corrected chi connectivity index (χ3v) is 19.6. The molecule has 3 N–H and O–H groups in total. The molecular weight excluding hydrogens is 1250 g/mol. The topological polar surface area (TPSA) is 134 Å². The van der Waals surface area contributed by atoms with Crippen molar-refractivity contribution < 1.29 is 37.6 Å². The van der Waals surface area contributed by atoms with E-state index in [1.54, 1.807) is 0 Å². The first-order valence-electron chi connectivity index (χ1n) is 42.5. The average Bonchev–Trinajstić information content (AvgIpc) is 1.01. The first-order valence-corrected chi connectivity index (χ1v) is 44.0. The van der Waals surface area contributed by atoms with Crippen molar-refractivity contribution in [2.45, 2.75) is 412 Å². The summed E-state index contributed by atoms with van der Waals surface area (Å²) >= 11 is 0. The van der Waals surface area contributed by atoms with Gasteiger partial charge in [-0.2, -0.15) is 0 Å². The zero-order valence-electron chi connectivity index (χ0n) is 65.4. The number of ether oxygens (including phenoxy) is 2. The predicted octanol–water partition coefficient (Wildman–Crippen LogP) is 28.9. The van der Waals surface area contributed by atoms with Gasteiger partial charge in [0.05, 0.1) is 13.2 Å². The van der Waals surface area contributed by atoms with Gasteiger partial charge in [0.25, 0.3) is 0 Å². The fraction of sp³-hybridized carbons (Fsp3) is 0.756. The van der Waals surface area contributed by atoms with Crippen molar-refractivity contribution in [1.82, 2.24) is 0 Å². The molecule has 0 bridgehead atoms. The van der Waals surface area contributed by atoms with E-state index < -0.39 is 26.5 Å². The van der Waals surface area contributed by atoms with Crippen LogP contribution in [0.15, 0.2) is 122 Å². The number of phosphoric acid groups is 1. The van der Waals surface area contributed by atoms with Crippen LogP contribution in [-0.4, -0.2) is 49.3 Å². The maximum Gasteiger partial charge on any atom is 0.472 e. The van der Waals surface area contributed by atoms with Crippen molar-refractivity contribution in [3.8, 4) is 0 Å². The lowest BCUT2D eigenvalue weighted by Gasteiger charge is -2.19. The maximum atomic E-state index is 12.8. The van der Waals surface area contributed by atoms with E-state index in [9.17, 15) is 19.0 Å². The Morgan fingerprint density at radius 1 is 0.310 bits per heavy atom. The molecule has 0 heterocycles. The van der Waals surface area contributed by atoms with Gasteiger partial charge in [-0.25, -0.2) is 4.57 Å². The van der Waals surface area contributed by atoms with E-state index in [0.29, 0.717) is 6.42 Å². The van der Waals surface area contributed by atoms with Crippen LogP contribution in [-0.2, 0) is 32.7 Å². The van der Waals surface area contributed by atoms with Gasteiger partial charge in [-0.15, -0.1) is 0 Å². The summed E-state index contributed by atoms with van der Waals surface area (Å²) < 4.78 is 33.3. The van der Waals surface area contributed by atoms with E-state index in [1.165, 1.54) is 263 Å². The number of phosphoric ester groups is 1. The Labute approximate surface area is 619 Å². The lowest BCUT2D eigenvalue weighted by Crippen LogP contribution is -2.29. The van der Waals surface area contributed by atoms with Crippen LogP contribution in [0.2, 0.25) is 0 Å². The number of carbonyl (C=O) groups excluding carboxylic acids is 2. The van der Waals surface area contributed by atoms with E-state index >= 15 is 0 Å². The summed E-state index contributed by atoms with van der Waals surface area (Å²) in [6.45, 7) is 3.67. The van der Waals surface area contributed by atoms with Crippen LogP contribution < -0.4 is 5.73 Å². The molecule has 10 heteroatoms. The van der Waals surface area contributed by atoms with Crippen LogP contribution in [0, 0.1) is 0 Å². The Morgan fingerprint density at radius 2 is 0.550 bits per heavy atom. The van der Waals surface area contributed by atoms with E-state index in [0.717, 1.165) is 109 Å². The molecule has 0 fully saturated rings. The van der Waals surface area contributed by atoms with Crippen LogP contribution in [0.4, 0.5) is 0 Å². The first kappa shape index (κ1) is 96.4. The second-order valence-electron chi connectivity index (χ2n) is 28.3. The fourth-order valence-corrected chi connectivity index (χ4v) is 13.1. The fourth-order valence-electron chi connectivity index (χ4n) is 12.4. The molecule has 0 rings (SSSR count). The van der Waals surface area contributed by atoms with Gasteiger partial charge in [-0.05, 0) is 89.9 Å². The monoisotopic (exact) mass is 1410 g/mol. The molecule has 0 radical (unpaired) electrons. The molecule has 100 heavy (non-hydrogen) atoms. The summed E-state index contributed by atoms with van der Waals surface area (Å²) in [5, 5.41) is 0. The molecule has 9 nitrogen and oxygen atoms in total. The minimum Gasteiger partial charge on any atom is -0.462 e. The SMILES string of the molecule is CC/C=C\C/C=C\C/C=C\C/C=C\C/C=C\C/C=C\C/C=C\C/C=C\C/C=C\C/C=C\CCCCCCCCCCC(=O)OC(COC(=O)CCCCCCCCCCCCCCCCCCCCCCCCCCCCCCCCCCCCCCCCCC)COP(=O)(O)OCCN. The van der Waals surface area contributed by atoms with Crippen molar-refractivity contribution in [1.29, 1.82) is 0 Å². The smallest absolute Gasteiger partial charge is 0.462 e. The summed E-state index contributed by atoms with van der Waals surface area (Å²) in [5.74, 6) is -0.827. The van der Waals surface area contributed by atoms with Gasteiger partial charge in [-0.3, -0.25) is 18.6 Å². The lowest BCUT2D eigenvalue weighted by atomic mass is 10.0. The molecule has 0 amide bonds. The van der Waals surface area contributed by atoms with Crippen LogP contribution >= 0.6 is 7.82 Å². The Kier molecular flexibility index (Phi) is 81.3. The number of allylic oxidation sites excluding steroid dienone is 20. The molecule has 0 aliphatic rings. The maximum absolute atomic E-state index is 12.8. The van der Waals surface area contributed by atoms with E-state index in [-0.39, 0.29) is 38.6 Å². The Morgan fingerprint density at radius 3 is 0.820 bits per heavy atom. The van der Waals surface area contributed by atoms with Crippen LogP contribution in [0.5, 0.6) is 0 Å². The first-order chi connectivity index (χ1) is 49.3. The lowest BCUT2D eigenvalue weighted by molar-refractivity contribution is -0.161. The van der Waals surface area contributed by atoms with Crippen LogP contribution in [0.25, 0.3) is 0 Å². The molecule has 0 aromatic carbocycles. The van der Waals surface area contributed by atoms with Gasteiger partial charge < -0.3 is 20.1 Å². The largest absolute Gasteiger partial charge is 0.472 e. The van der Waals surface area contributed by atoms with E-state index in [2.05, 4.69) is 135 Å². The molecule has 578 valence electrons. The third kappa shape index (κ3) is 83.4.